The van der Waals surface area contributed by atoms with Gasteiger partial charge in [0, 0.05) is 12.0 Å². The van der Waals surface area contributed by atoms with Gasteiger partial charge in [-0.25, -0.2) is 0 Å². The first-order valence-corrected chi connectivity index (χ1v) is 8.47. The molecular weight excluding hydrogens is 292 g/mol. The van der Waals surface area contributed by atoms with Crippen molar-refractivity contribution >= 4 is 5.91 Å². The predicted molar refractivity (Wildman–Crippen MR) is 89.1 cm³/mol. The zero-order valence-electron chi connectivity index (χ0n) is 14.0. The summed E-state index contributed by atoms with van der Waals surface area (Å²) < 4.78 is 11.2. The van der Waals surface area contributed by atoms with Crippen LogP contribution in [-0.2, 0) is 10.2 Å². The average Bonchev–Trinajstić information content (AvgIpc) is 2.60. The van der Waals surface area contributed by atoms with E-state index in [1.807, 2.05) is 12.1 Å². The molecule has 1 amide bonds. The predicted octanol–water partition coefficient (Wildman–Crippen LogP) is 1.99. The highest BCUT2D eigenvalue weighted by atomic mass is 16.6. The van der Waals surface area contributed by atoms with Crippen molar-refractivity contribution in [2.24, 2.45) is 0 Å². The number of nitrogens with one attached hydrogen (secondary N) is 2. The number of hydrogen-bond acceptors (Lipinski definition) is 4. The van der Waals surface area contributed by atoms with Gasteiger partial charge in [0.2, 0.25) is 5.91 Å². The first-order chi connectivity index (χ1) is 11.1. The lowest BCUT2D eigenvalue weighted by Gasteiger charge is -2.29. The minimum Gasteiger partial charge on any atom is -0.486 e. The van der Waals surface area contributed by atoms with Gasteiger partial charge in [0.05, 0.1) is 6.04 Å². The molecule has 23 heavy (non-hydrogen) atoms. The number of ether oxygens (including phenoxy) is 2. The Morgan fingerprint density at radius 1 is 1.26 bits per heavy atom. The van der Waals surface area contributed by atoms with Crippen molar-refractivity contribution in [3.05, 3.63) is 23.8 Å². The molecule has 0 radical (unpaired) electrons. The van der Waals surface area contributed by atoms with Crippen LogP contribution in [0.1, 0.15) is 38.7 Å². The summed E-state index contributed by atoms with van der Waals surface area (Å²) in [5.41, 5.74) is 0.971. The van der Waals surface area contributed by atoms with Gasteiger partial charge in [-0.15, -0.1) is 0 Å². The lowest BCUT2D eigenvalue weighted by atomic mass is 9.84. The summed E-state index contributed by atoms with van der Waals surface area (Å²) in [4.78, 5) is 12.3. The Labute approximate surface area is 137 Å². The van der Waals surface area contributed by atoms with Crippen LogP contribution in [0.4, 0.5) is 0 Å². The highest BCUT2D eigenvalue weighted by molar-refractivity contribution is 5.81. The number of hydrogen-bond donors (Lipinski definition) is 2. The highest BCUT2D eigenvalue weighted by Gasteiger charge is 2.26. The van der Waals surface area contributed by atoms with Gasteiger partial charge in [-0.05, 0) is 37.1 Å². The van der Waals surface area contributed by atoms with Crippen molar-refractivity contribution in [2.75, 3.05) is 26.3 Å². The molecule has 5 heteroatoms. The molecule has 2 aliphatic rings. The van der Waals surface area contributed by atoms with Gasteiger partial charge < -0.3 is 20.1 Å². The van der Waals surface area contributed by atoms with Crippen molar-refractivity contribution < 1.29 is 14.3 Å². The Bertz CT molecular complexity index is 565. The van der Waals surface area contributed by atoms with Crippen LogP contribution in [0.25, 0.3) is 0 Å². The molecule has 1 aromatic carbocycles. The van der Waals surface area contributed by atoms with Gasteiger partial charge >= 0.3 is 0 Å². The average molecular weight is 318 g/mol. The van der Waals surface area contributed by atoms with Crippen LogP contribution in [0.2, 0.25) is 0 Å². The minimum absolute atomic E-state index is 0.0418. The van der Waals surface area contributed by atoms with Crippen molar-refractivity contribution in [3.63, 3.8) is 0 Å². The second kappa shape index (κ2) is 6.79. The summed E-state index contributed by atoms with van der Waals surface area (Å²) in [7, 11) is 0. The first kappa shape index (κ1) is 16.1. The van der Waals surface area contributed by atoms with Crippen LogP contribution in [0.15, 0.2) is 18.2 Å². The van der Waals surface area contributed by atoms with Crippen LogP contribution in [0.3, 0.4) is 0 Å². The number of fused-ring (bicyclic) bond motifs is 1. The van der Waals surface area contributed by atoms with Crippen LogP contribution in [0.5, 0.6) is 11.5 Å². The molecule has 0 bridgehead atoms. The third-order valence-electron chi connectivity index (χ3n) is 4.66. The van der Waals surface area contributed by atoms with Crippen LogP contribution >= 0.6 is 0 Å². The molecule has 1 unspecified atom stereocenters. The quantitative estimate of drug-likeness (QED) is 0.891. The Hall–Kier alpha value is -1.75. The second-order valence-electron chi connectivity index (χ2n) is 6.96. The van der Waals surface area contributed by atoms with E-state index >= 15 is 0 Å². The molecule has 2 N–H and O–H groups in total. The molecule has 5 nitrogen and oxygen atoms in total. The van der Waals surface area contributed by atoms with Crippen molar-refractivity contribution in [1.29, 1.82) is 0 Å². The zero-order valence-corrected chi connectivity index (χ0v) is 14.0. The standard InChI is InChI=1S/C18H26N2O3/c1-18(2,12-20-17(21)14-5-3-4-8-19-14)13-6-7-15-16(11-13)23-10-9-22-15/h6-7,11,14,19H,3-5,8-10,12H2,1-2H3,(H,20,21). The molecule has 0 aliphatic carbocycles. The molecule has 1 saturated heterocycles. The molecule has 2 heterocycles. The zero-order chi connectivity index (χ0) is 16.3. The largest absolute Gasteiger partial charge is 0.486 e. The smallest absolute Gasteiger partial charge is 0.237 e. The Morgan fingerprint density at radius 3 is 2.78 bits per heavy atom. The normalized spacial score (nSPS) is 20.9. The molecule has 2 aliphatic heterocycles. The maximum atomic E-state index is 12.3. The highest BCUT2D eigenvalue weighted by Crippen LogP contribution is 2.34. The van der Waals surface area contributed by atoms with E-state index in [0.29, 0.717) is 19.8 Å². The van der Waals surface area contributed by atoms with Crippen molar-refractivity contribution in [3.8, 4) is 11.5 Å². The maximum absolute atomic E-state index is 12.3. The van der Waals surface area contributed by atoms with E-state index < -0.39 is 0 Å². The lowest BCUT2D eigenvalue weighted by Crippen LogP contribution is -2.49. The van der Waals surface area contributed by atoms with Crippen molar-refractivity contribution in [1.82, 2.24) is 10.6 Å². The Morgan fingerprint density at radius 2 is 2.04 bits per heavy atom. The molecular formula is C18H26N2O3. The molecule has 0 saturated carbocycles. The number of benzene rings is 1. The fourth-order valence-corrected chi connectivity index (χ4v) is 3.07. The van der Waals surface area contributed by atoms with Gasteiger partial charge in [0.1, 0.15) is 13.2 Å². The van der Waals surface area contributed by atoms with Crippen LogP contribution in [-0.4, -0.2) is 38.3 Å². The molecule has 0 aromatic heterocycles. The van der Waals surface area contributed by atoms with Crippen LogP contribution < -0.4 is 20.1 Å². The summed E-state index contributed by atoms with van der Waals surface area (Å²) in [5.74, 6) is 1.70. The van der Waals surface area contributed by atoms with E-state index in [2.05, 4.69) is 30.5 Å². The lowest BCUT2D eigenvalue weighted by molar-refractivity contribution is -0.123. The van der Waals surface area contributed by atoms with E-state index in [9.17, 15) is 4.79 Å². The third kappa shape index (κ3) is 3.78. The van der Waals surface area contributed by atoms with E-state index in [4.69, 9.17) is 9.47 Å². The monoisotopic (exact) mass is 318 g/mol. The fourth-order valence-electron chi connectivity index (χ4n) is 3.07. The number of carbonyl (C=O) groups excluding carboxylic acids is 1. The number of piperidine rings is 1. The topological polar surface area (TPSA) is 59.6 Å². The Kier molecular flexibility index (Phi) is 4.76. The molecule has 3 rings (SSSR count). The summed E-state index contributed by atoms with van der Waals surface area (Å²) in [6.07, 6.45) is 3.21. The summed E-state index contributed by atoms with van der Waals surface area (Å²) in [5, 5.41) is 6.38. The van der Waals surface area contributed by atoms with E-state index in [-0.39, 0.29) is 17.4 Å². The van der Waals surface area contributed by atoms with E-state index in [1.165, 1.54) is 0 Å². The van der Waals surface area contributed by atoms with Crippen molar-refractivity contribution in [2.45, 2.75) is 44.6 Å². The van der Waals surface area contributed by atoms with Gasteiger partial charge in [0.25, 0.3) is 0 Å². The first-order valence-electron chi connectivity index (χ1n) is 8.47. The number of amides is 1. The molecule has 1 aromatic rings. The van der Waals surface area contributed by atoms with Gasteiger partial charge in [-0.3, -0.25) is 4.79 Å². The van der Waals surface area contributed by atoms with Gasteiger partial charge in [-0.1, -0.05) is 26.3 Å². The van der Waals surface area contributed by atoms with Crippen LogP contribution in [0, 0.1) is 0 Å². The molecule has 1 atom stereocenters. The summed E-state index contributed by atoms with van der Waals surface area (Å²) in [6.45, 7) is 6.98. The molecule has 0 spiro atoms. The second-order valence-corrected chi connectivity index (χ2v) is 6.96. The molecule has 126 valence electrons. The number of rotatable bonds is 4. The van der Waals surface area contributed by atoms with Gasteiger partial charge in [0.15, 0.2) is 11.5 Å². The van der Waals surface area contributed by atoms with E-state index in [0.717, 1.165) is 42.9 Å². The SMILES string of the molecule is CC(C)(CNC(=O)C1CCCCN1)c1ccc2c(c1)OCCO2. The van der Waals surface area contributed by atoms with E-state index in [1.54, 1.807) is 0 Å². The molecule has 1 fully saturated rings. The minimum atomic E-state index is -0.167. The number of carbonyl (C=O) groups is 1. The van der Waals surface area contributed by atoms with Gasteiger partial charge in [-0.2, -0.15) is 0 Å². The summed E-state index contributed by atoms with van der Waals surface area (Å²) >= 11 is 0. The Balaban J connectivity index is 1.63. The maximum Gasteiger partial charge on any atom is 0.237 e. The summed E-state index contributed by atoms with van der Waals surface area (Å²) in [6, 6.07) is 5.99. The third-order valence-corrected chi connectivity index (χ3v) is 4.66. The fraction of sp³-hybridized carbons (Fsp3) is 0.611.